The molecule has 8 nitrogen and oxygen atoms in total. The predicted octanol–water partition coefficient (Wildman–Crippen LogP) is -0.828. The summed E-state index contributed by atoms with van der Waals surface area (Å²) in [5.74, 6) is -2.00. The fraction of sp³-hybridized carbons (Fsp3) is 0.400. The quantitative estimate of drug-likeness (QED) is 0.613. The van der Waals surface area contributed by atoms with E-state index in [1.165, 1.54) is 24.3 Å². The van der Waals surface area contributed by atoms with E-state index < -0.39 is 17.7 Å². The number of rotatable bonds is 5. The van der Waals surface area contributed by atoms with Gasteiger partial charge in [0.1, 0.15) is 0 Å². The predicted molar refractivity (Wildman–Crippen MR) is 83.9 cm³/mol. The van der Waals surface area contributed by atoms with Gasteiger partial charge in [0.05, 0.1) is 13.2 Å². The van der Waals surface area contributed by atoms with Crippen molar-refractivity contribution in [2.24, 2.45) is 5.73 Å². The normalized spacial score (nSPS) is 15.0. The summed E-state index contributed by atoms with van der Waals surface area (Å²) in [5.41, 5.74) is 5.88. The molecule has 2 rings (SSSR count). The topological polar surface area (TPSA) is 114 Å². The van der Waals surface area contributed by atoms with Crippen molar-refractivity contribution < 1.29 is 19.1 Å². The number of nitrogens with two attached hydrogens (primary N) is 1. The van der Waals surface area contributed by atoms with Gasteiger partial charge < -0.3 is 21.1 Å². The number of carbonyl (C=O) groups excluding carboxylic acids is 3. The van der Waals surface area contributed by atoms with E-state index in [1.807, 2.05) is 0 Å². The van der Waals surface area contributed by atoms with Crippen molar-refractivity contribution in [3.05, 3.63) is 29.8 Å². The molecule has 124 valence electrons. The van der Waals surface area contributed by atoms with E-state index >= 15 is 0 Å². The first kappa shape index (κ1) is 16.9. The van der Waals surface area contributed by atoms with Gasteiger partial charge in [0.25, 0.3) is 0 Å². The zero-order chi connectivity index (χ0) is 16.7. The Balaban J connectivity index is 1.73. The maximum atomic E-state index is 11.8. The van der Waals surface area contributed by atoms with E-state index in [4.69, 9.17) is 10.5 Å². The zero-order valence-corrected chi connectivity index (χ0v) is 12.7. The maximum absolute atomic E-state index is 11.8. The molecule has 8 heteroatoms. The molecule has 0 atom stereocenters. The average molecular weight is 320 g/mol. The molecule has 1 fully saturated rings. The first-order valence-electron chi connectivity index (χ1n) is 7.35. The molecule has 1 aromatic rings. The Hall–Kier alpha value is -2.45. The lowest BCUT2D eigenvalue weighted by molar-refractivity contribution is -0.136. The number of morpholine rings is 1. The van der Waals surface area contributed by atoms with E-state index in [9.17, 15) is 14.4 Å². The number of hydrogen-bond donors (Lipinski definition) is 3. The average Bonchev–Trinajstić information content (AvgIpc) is 2.56. The van der Waals surface area contributed by atoms with Gasteiger partial charge in [0.2, 0.25) is 5.91 Å². The third kappa shape index (κ3) is 5.35. The molecule has 0 unspecified atom stereocenters. The van der Waals surface area contributed by atoms with E-state index in [0.29, 0.717) is 37.6 Å². The summed E-state index contributed by atoms with van der Waals surface area (Å²) in [4.78, 5) is 36.6. The van der Waals surface area contributed by atoms with Crippen LogP contribution in [0.15, 0.2) is 24.3 Å². The monoisotopic (exact) mass is 320 g/mol. The minimum Gasteiger partial charge on any atom is -0.379 e. The zero-order valence-electron chi connectivity index (χ0n) is 12.7. The molecule has 1 aliphatic rings. The van der Waals surface area contributed by atoms with Gasteiger partial charge >= 0.3 is 11.8 Å². The number of nitrogens with one attached hydrogen (secondary N) is 2. The Morgan fingerprint density at radius 2 is 1.74 bits per heavy atom. The molecule has 23 heavy (non-hydrogen) atoms. The van der Waals surface area contributed by atoms with Crippen molar-refractivity contribution in [3.63, 3.8) is 0 Å². The summed E-state index contributed by atoms with van der Waals surface area (Å²) in [5, 5.41) is 5.03. The highest BCUT2D eigenvalue weighted by atomic mass is 16.5. The van der Waals surface area contributed by atoms with Crippen molar-refractivity contribution in [1.29, 1.82) is 0 Å². The Morgan fingerprint density at radius 3 is 2.35 bits per heavy atom. The molecule has 0 saturated carbocycles. The molecule has 0 aliphatic carbocycles. The summed E-state index contributed by atoms with van der Waals surface area (Å²) < 4.78 is 5.23. The van der Waals surface area contributed by atoms with Gasteiger partial charge in [-0.2, -0.15) is 0 Å². The Bertz CT molecular complexity index is 567. The number of carbonyl (C=O) groups is 3. The van der Waals surface area contributed by atoms with Gasteiger partial charge in [-0.25, -0.2) is 0 Å². The van der Waals surface area contributed by atoms with Crippen molar-refractivity contribution in [2.45, 2.75) is 0 Å². The van der Waals surface area contributed by atoms with Crippen LogP contribution in [0.4, 0.5) is 5.69 Å². The molecule has 1 heterocycles. The van der Waals surface area contributed by atoms with Gasteiger partial charge in [0, 0.05) is 37.4 Å². The van der Waals surface area contributed by atoms with Crippen molar-refractivity contribution in [2.75, 3.05) is 44.7 Å². The van der Waals surface area contributed by atoms with Crippen molar-refractivity contribution in [3.8, 4) is 0 Å². The minimum absolute atomic E-state index is 0.331. The van der Waals surface area contributed by atoms with Crippen molar-refractivity contribution >= 4 is 23.4 Å². The van der Waals surface area contributed by atoms with Crippen LogP contribution in [0.3, 0.4) is 0 Å². The number of nitrogens with zero attached hydrogens (tertiary/aromatic N) is 1. The smallest absolute Gasteiger partial charge is 0.313 e. The van der Waals surface area contributed by atoms with Crippen LogP contribution in [-0.4, -0.2) is 62.0 Å². The molecule has 3 amide bonds. The molecule has 0 radical (unpaired) electrons. The van der Waals surface area contributed by atoms with Gasteiger partial charge in [-0.1, -0.05) is 0 Å². The number of benzene rings is 1. The summed E-state index contributed by atoms with van der Waals surface area (Å²) in [7, 11) is 0. The van der Waals surface area contributed by atoms with E-state index in [-0.39, 0.29) is 0 Å². The molecule has 4 N–H and O–H groups in total. The fourth-order valence-electron chi connectivity index (χ4n) is 2.14. The molecule has 1 aliphatic heterocycles. The van der Waals surface area contributed by atoms with Crippen LogP contribution in [0.1, 0.15) is 10.4 Å². The number of ether oxygens (including phenoxy) is 1. The first-order chi connectivity index (χ1) is 11.1. The molecule has 1 aromatic carbocycles. The number of amides is 3. The number of primary amides is 1. The van der Waals surface area contributed by atoms with E-state index in [2.05, 4.69) is 15.5 Å². The molecule has 0 aromatic heterocycles. The van der Waals surface area contributed by atoms with Gasteiger partial charge in [-0.3, -0.25) is 19.3 Å². The second kappa shape index (κ2) is 8.25. The lowest BCUT2D eigenvalue weighted by atomic mass is 10.2. The fourth-order valence-corrected chi connectivity index (χ4v) is 2.14. The van der Waals surface area contributed by atoms with E-state index in [1.54, 1.807) is 0 Å². The van der Waals surface area contributed by atoms with Crippen LogP contribution in [-0.2, 0) is 14.3 Å². The first-order valence-corrected chi connectivity index (χ1v) is 7.35. The Morgan fingerprint density at radius 1 is 1.09 bits per heavy atom. The molecular weight excluding hydrogens is 300 g/mol. The molecule has 1 saturated heterocycles. The largest absolute Gasteiger partial charge is 0.379 e. The third-order valence-electron chi connectivity index (χ3n) is 3.45. The molecule has 0 bridgehead atoms. The van der Waals surface area contributed by atoms with Crippen molar-refractivity contribution in [1.82, 2.24) is 10.2 Å². The Labute approximate surface area is 134 Å². The molecule has 0 spiro atoms. The van der Waals surface area contributed by atoms with Crippen LogP contribution in [0.5, 0.6) is 0 Å². The van der Waals surface area contributed by atoms with Crippen LogP contribution in [0, 0.1) is 0 Å². The highest BCUT2D eigenvalue weighted by Crippen LogP contribution is 2.08. The SMILES string of the molecule is NC(=O)c1ccc(NC(=O)C(=O)NCCN2CCOCC2)cc1. The standard InChI is InChI=1S/C15H20N4O4/c16-13(20)11-1-3-12(4-2-11)18-15(22)14(21)17-5-6-19-7-9-23-10-8-19/h1-4H,5-10H2,(H2,16,20)(H,17,21)(H,18,22). The maximum Gasteiger partial charge on any atom is 0.313 e. The summed E-state index contributed by atoms with van der Waals surface area (Å²) in [6, 6.07) is 5.99. The lowest BCUT2D eigenvalue weighted by Gasteiger charge is -2.26. The Kier molecular flexibility index (Phi) is 6.07. The third-order valence-corrected chi connectivity index (χ3v) is 3.45. The van der Waals surface area contributed by atoms with Crippen LogP contribution >= 0.6 is 0 Å². The van der Waals surface area contributed by atoms with Gasteiger partial charge in [0.15, 0.2) is 0 Å². The van der Waals surface area contributed by atoms with E-state index in [0.717, 1.165) is 13.1 Å². The summed E-state index contributed by atoms with van der Waals surface area (Å²) in [6.07, 6.45) is 0. The summed E-state index contributed by atoms with van der Waals surface area (Å²) >= 11 is 0. The van der Waals surface area contributed by atoms with Gasteiger partial charge in [-0.15, -0.1) is 0 Å². The number of anilines is 1. The number of hydrogen-bond acceptors (Lipinski definition) is 5. The highest BCUT2D eigenvalue weighted by Gasteiger charge is 2.15. The van der Waals surface area contributed by atoms with Crippen LogP contribution in [0.2, 0.25) is 0 Å². The highest BCUT2D eigenvalue weighted by molar-refractivity contribution is 6.39. The van der Waals surface area contributed by atoms with Gasteiger partial charge in [-0.05, 0) is 24.3 Å². The molecular formula is C15H20N4O4. The minimum atomic E-state index is -0.751. The van der Waals surface area contributed by atoms with Crippen LogP contribution < -0.4 is 16.4 Å². The second-order valence-electron chi connectivity index (χ2n) is 5.11. The second-order valence-corrected chi connectivity index (χ2v) is 5.11. The van der Waals surface area contributed by atoms with Crippen LogP contribution in [0.25, 0.3) is 0 Å². The lowest BCUT2D eigenvalue weighted by Crippen LogP contribution is -2.43. The summed E-state index contributed by atoms with van der Waals surface area (Å²) in [6.45, 7) is 4.11.